The minimum absolute atomic E-state index is 0.0471. The first kappa shape index (κ1) is 13.8. The van der Waals surface area contributed by atoms with Gasteiger partial charge in [0.05, 0.1) is 16.9 Å². The highest BCUT2D eigenvalue weighted by Crippen LogP contribution is 2.30. The number of hydrogen-bond acceptors (Lipinski definition) is 4. The second-order valence-electron chi connectivity index (χ2n) is 3.40. The Hall–Kier alpha value is -1.61. The second-order valence-corrected chi connectivity index (χ2v) is 4.89. The topological polar surface area (TPSA) is 92.3 Å². The van der Waals surface area contributed by atoms with Crippen LogP contribution in [-0.4, -0.2) is 21.0 Å². The van der Waals surface area contributed by atoms with Crippen molar-refractivity contribution in [3.63, 3.8) is 0 Å². The largest absolute Gasteiger partial charge is 0.478 e. The number of aromatic amines is 1. The normalized spacial score (nSPS) is 10.2. The van der Waals surface area contributed by atoms with Gasteiger partial charge in [0.15, 0.2) is 0 Å². The Morgan fingerprint density at radius 2 is 2.21 bits per heavy atom. The van der Waals surface area contributed by atoms with Gasteiger partial charge in [0.1, 0.15) is 9.32 Å². The van der Waals surface area contributed by atoms with Crippen molar-refractivity contribution in [2.24, 2.45) is 0 Å². The molecule has 1 aromatic heterocycles. The molecule has 0 saturated carbocycles. The van der Waals surface area contributed by atoms with Crippen molar-refractivity contribution in [2.75, 3.05) is 0 Å². The number of carboxylic acids is 1. The summed E-state index contributed by atoms with van der Waals surface area (Å²) in [6.07, 6.45) is 1.21. The van der Waals surface area contributed by atoms with E-state index in [1.165, 1.54) is 24.5 Å². The van der Waals surface area contributed by atoms with Crippen LogP contribution >= 0.6 is 34.2 Å². The van der Waals surface area contributed by atoms with Crippen molar-refractivity contribution in [2.45, 2.75) is 0 Å². The maximum Gasteiger partial charge on any atom is 0.335 e. The highest BCUT2D eigenvalue weighted by Gasteiger charge is 2.12. The van der Waals surface area contributed by atoms with Crippen LogP contribution in [0.15, 0.2) is 29.3 Å². The summed E-state index contributed by atoms with van der Waals surface area (Å²) in [4.78, 5) is 28.4. The van der Waals surface area contributed by atoms with Crippen molar-refractivity contribution in [3.8, 4) is 11.6 Å². The van der Waals surface area contributed by atoms with E-state index < -0.39 is 5.97 Å². The number of rotatable bonds is 3. The zero-order valence-electron chi connectivity index (χ0n) is 9.18. The molecule has 6 nitrogen and oxygen atoms in total. The molecule has 0 aliphatic rings. The smallest absolute Gasteiger partial charge is 0.335 e. The number of aromatic carboxylic acids is 1. The number of halogens is 2. The van der Waals surface area contributed by atoms with Crippen molar-refractivity contribution in [1.29, 1.82) is 0 Å². The predicted octanol–water partition coefficient (Wildman–Crippen LogP) is 2.52. The van der Waals surface area contributed by atoms with Crippen LogP contribution in [0.3, 0.4) is 0 Å². The number of hydrogen-bond donors (Lipinski definition) is 2. The molecular weight excluding hydrogens is 386 g/mol. The molecule has 0 spiro atoms. The monoisotopic (exact) mass is 392 g/mol. The molecule has 2 rings (SSSR count). The first-order valence-electron chi connectivity index (χ1n) is 4.93. The quantitative estimate of drug-likeness (QED) is 0.783. The highest BCUT2D eigenvalue weighted by molar-refractivity contribution is 14.1. The molecule has 8 heteroatoms. The van der Waals surface area contributed by atoms with Crippen LogP contribution in [0.5, 0.6) is 11.6 Å². The van der Waals surface area contributed by atoms with Gasteiger partial charge >= 0.3 is 5.97 Å². The van der Waals surface area contributed by atoms with E-state index in [1.54, 1.807) is 22.6 Å². The van der Waals surface area contributed by atoms with Crippen LogP contribution in [0, 0.1) is 3.57 Å². The highest BCUT2D eigenvalue weighted by atomic mass is 127. The number of nitrogens with zero attached hydrogens (tertiary/aromatic N) is 1. The number of H-pyrrole nitrogens is 1. The third kappa shape index (κ3) is 3.04. The number of carbonyl (C=O) groups is 1. The molecule has 0 bridgehead atoms. The predicted molar refractivity (Wildman–Crippen MR) is 76.1 cm³/mol. The first-order valence-corrected chi connectivity index (χ1v) is 6.38. The van der Waals surface area contributed by atoms with Crippen LogP contribution in [0.25, 0.3) is 0 Å². The summed E-state index contributed by atoms with van der Waals surface area (Å²) in [5.74, 6) is -0.755. The van der Waals surface area contributed by atoms with Crippen molar-refractivity contribution in [3.05, 3.63) is 49.0 Å². The van der Waals surface area contributed by atoms with E-state index in [-0.39, 0.29) is 31.3 Å². The Morgan fingerprint density at radius 1 is 1.47 bits per heavy atom. The Kier molecular flexibility index (Phi) is 4.05. The molecule has 98 valence electrons. The van der Waals surface area contributed by atoms with Gasteiger partial charge in [-0.25, -0.2) is 9.78 Å². The summed E-state index contributed by atoms with van der Waals surface area (Å²) in [5.41, 5.74) is -0.283. The third-order valence-corrected chi connectivity index (χ3v) is 3.40. The lowest BCUT2D eigenvalue weighted by Crippen LogP contribution is -2.11. The van der Waals surface area contributed by atoms with Crippen LogP contribution in [0.2, 0.25) is 5.02 Å². The number of benzene rings is 1. The van der Waals surface area contributed by atoms with Gasteiger partial charge in [0.25, 0.3) is 5.56 Å². The van der Waals surface area contributed by atoms with Crippen molar-refractivity contribution in [1.82, 2.24) is 9.97 Å². The van der Waals surface area contributed by atoms with Crippen LogP contribution < -0.4 is 10.3 Å². The van der Waals surface area contributed by atoms with Crippen LogP contribution in [0.4, 0.5) is 0 Å². The summed E-state index contributed by atoms with van der Waals surface area (Å²) >= 11 is 7.70. The fraction of sp³-hybridized carbons (Fsp3) is 0. The minimum atomic E-state index is -1.09. The fourth-order valence-electron chi connectivity index (χ4n) is 1.26. The minimum Gasteiger partial charge on any atom is -0.478 e. The molecular formula is C11H6ClIN2O4. The molecule has 2 aromatic rings. The number of ether oxygens (including phenoxy) is 1. The summed E-state index contributed by atoms with van der Waals surface area (Å²) in [7, 11) is 0. The second kappa shape index (κ2) is 5.57. The molecule has 0 fully saturated rings. The average molecular weight is 393 g/mol. The molecule has 0 amide bonds. The Labute approximate surface area is 125 Å². The lowest BCUT2D eigenvalue weighted by molar-refractivity contribution is 0.0697. The van der Waals surface area contributed by atoms with Gasteiger partial charge in [-0.05, 0) is 40.8 Å². The summed E-state index contributed by atoms with van der Waals surface area (Å²) in [5, 5.41) is 8.93. The fourth-order valence-corrected chi connectivity index (χ4v) is 1.88. The van der Waals surface area contributed by atoms with Gasteiger partial charge in [-0.15, -0.1) is 0 Å². The SMILES string of the molecule is O=C(O)c1ccc(Oc2nc[nH]c(=O)c2I)c(Cl)c1. The standard InChI is InChI=1S/C11H6ClIN2O4/c12-6-3-5(11(17)18)1-2-7(6)19-10-8(13)9(16)14-4-15-10/h1-4H,(H,17,18)(H,14,15,16). The third-order valence-electron chi connectivity index (χ3n) is 2.15. The lowest BCUT2D eigenvalue weighted by atomic mass is 10.2. The first-order chi connectivity index (χ1) is 8.99. The maximum absolute atomic E-state index is 11.4. The van der Waals surface area contributed by atoms with Gasteiger partial charge in [0, 0.05) is 0 Å². The molecule has 1 aromatic carbocycles. The summed E-state index contributed by atoms with van der Waals surface area (Å²) < 4.78 is 5.67. The lowest BCUT2D eigenvalue weighted by Gasteiger charge is -2.07. The summed E-state index contributed by atoms with van der Waals surface area (Å²) in [6.45, 7) is 0. The van der Waals surface area contributed by atoms with E-state index in [0.717, 1.165) is 0 Å². The number of aromatic nitrogens is 2. The van der Waals surface area contributed by atoms with Crippen molar-refractivity contribution < 1.29 is 14.6 Å². The molecule has 0 aliphatic heterocycles. The molecule has 0 radical (unpaired) electrons. The maximum atomic E-state index is 11.4. The molecule has 0 atom stereocenters. The number of carboxylic acid groups (broad SMARTS) is 1. The van der Waals surface area contributed by atoms with E-state index in [9.17, 15) is 9.59 Å². The van der Waals surface area contributed by atoms with E-state index in [0.29, 0.717) is 0 Å². The zero-order valence-corrected chi connectivity index (χ0v) is 12.1. The van der Waals surface area contributed by atoms with E-state index in [4.69, 9.17) is 21.4 Å². The van der Waals surface area contributed by atoms with Crippen molar-refractivity contribution >= 4 is 40.2 Å². The Morgan fingerprint density at radius 3 is 2.84 bits per heavy atom. The van der Waals surface area contributed by atoms with Gasteiger partial charge in [-0.3, -0.25) is 4.79 Å². The van der Waals surface area contributed by atoms with Crippen LogP contribution in [-0.2, 0) is 0 Å². The Balaban J connectivity index is 2.36. The van der Waals surface area contributed by atoms with E-state index in [1.807, 2.05) is 0 Å². The van der Waals surface area contributed by atoms with Gasteiger partial charge in [-0.2, -0.15) is 0 Å². The molecule has 1 heterocycles. The molecule has 0 aliphatic carbocycles. The molecule has 2 N–H and O–H groups in total. The van der Waals surface area contributed by atoms with Gasteiger partial charge in [0.2, 0.25) is 5.88 Å². The molecule has 19 heavy (non-hydrogen) atoms. The molecule has 0 unspecified atom stereocenters. The average Bonchev–Trinajstić information content (AvgIpc) is 2.37. The van der Waals surface area contributed by atoms with E-state index in [2.05, 4.69) is 9.97 Å². The molecule has 0 saturated heterocycles. The van der Waals surface area contributed by atoms with Gasteiger partial charge in [-0.1, -0.05) is 11.6 Å². The number of nitrogens with one attached hydrogen (secondary N) is 1. The van der Waals surface area contributed by atoms with Gasteiger partial charge < -0.3 is 14.8 Å². The Bertz CT molecular complexity index is 701. The van der Waals surface area contributed by atoms with Crippen LogP contribution in [0.1, 0.15) is 10.4 Å². The summed E-state index contributed by atoms with van der Waals surface area (Å²) in [6, 6.07) is 4.02. The van der Waals surface area contributed by atoms with E-state index >= 15 is 0 Å². The zero-order chi connectivity index (χ0) is 14.0.